The van der Waals surface area contributed by atoms with Crippen LogP contribution in [0.15, 0.2) is 11.4 Å². The van der Waals surface area contributed by atoms with Crippen molar-refractivity contribution in [3.63, 3.8) is 0 Å². The van der Waals surface area contributed by atoms with Crippen molar-refractivity contribution in [1.82, 2.24) is 10.2 Å². The van der Waals surface area contributed by atoms with Gasteiger partial charge in [0.25, 0.3) is 0 Å². The van der Waals surface area contributed by atoms with E-state index in [9.17, 15) is 20.0 Å². The summed E-state index contributed by atoms with van der Waals surface area (Å²) >= 11 is 0. The van der Waals surface area contributed by atoms with Crippen molar-refractivity contribution in [3.05, 3.63) is 11.4 Å². The fourth-order valence-electron chi connectivity index (χ4n) is 2.66. The van der Waals surface area contributed by atoms with E-state index in [4.69, 9.17) is 5.73 Å². The van der Waals surface area contributed by atoms with Gasteiger partial charge in [0, 0.05) is 13.0 Å². The minimum absolute atomic E-state index is 0.0396. The van der Waals surface area contributed by atoms with Crippen LogP contribution in [0.4, 0.5) is 0 Å². The maximum absolute atomic E-state index is 12.3. The molecule has 96 valence electrons. The number of nitrogens with zero attached hydrogens (tertiary/aromatic N) is 2. The molecule has 0 bridgehead atoms. The summed E-state index contributed by atoms with van der Waals surface area (Å²) in [6.07, 6.45) is 0. The summed E-state index contributed by atoms with van der Waals surface area (Å²) in [7, 11) is 1.40. The number of carbonyl (C=O) groups excluding carboxylic acids is 2. The maximum Gasteiger partial charge on any atom is 0.249 e. The average Bonchev–Trinajstić information content (AvgIpc) is 2.59. The predicted molar refractivity (Wildman–Crippen MR) is 60.0 cm³/mol. The van der Waals surface area contributed by atoms with Crippen molar-refractivity contribution in [2.24, 2.45) is 17.1 Å². The highest BCUT2D eigenvalue weighted by Gasteiger charge is 2.69. The van der Waals surface area contributed by atoms with Crippen LogP contribution in [0.1, 0.15) is 13.8 Å². The van der Waals surface area contributed by atoms with Crippen LogP contribution in [0.3, 0.4) is 0 Å². The fraction of sp³-hybridized carbons (Fsp3) is 0.545. The molecule has 2 heterocycles. The summed E-state index contributed by atoms with van der Waals surface area (Å²) in [6, 6.07) is 1.83. The Balaban J connectivity index is 2.73. The van der Waals surface area contributed by atoms with Gasteiger partial charge in [-0.15, -0.1) is 0 Å². The predicted octanol–water partition coefficient (Wildman–Crippen LogP) is -1.39. The Labute approximate surface area is 104 Å². The lowest BCUT2D eigenvalue weighted by atomic mass is 9.70. The SMILES string of the molecule is CC1C(C)(O)NC(=O)C12C(=O)N(C)C(N)=C2C#N. The van der Waals surface area contributed by atoms with E-state index in [-0.39, 0.29) is 11.4 Å². The lowest BCUT2D eigenvalue weighted by Crippen LogP contribution is -2.45. The Kier molecular flexibility index (Phi) is 2.23. The van der Waals surface area contributed by atoms with Crippen LogP contribution in [0.5, 0.6) is 0 Å². The third kappa shape index (κ3) is 1.06. The summed E-state index contributed by atoms with van der Waals surface area (Å²) in [4.78, 5) is 25.5. The number of hydrogen-bond acceptors (Lipinski definition) is 5. The zero-order valence-electron chi connectivity index (χ0n) is 10.3. The minimum Gasteiger partial charge on any atom is -0.384 e. The number of nitrogens with one attached hydrogen (secondary N) is 1. The highest BCUT2D eigenvalue weighted by Crippen LogP contribution is 2.51. The molecule has 2 amide bonds. The summed E-state index contributed by atoms with van der Waals surface area (Å²) < 4.78 is 0. The van der Waals surface area contributed by atoms with E-state index in [1.54, 1.807) is 6.92 Å². The van der Waals surface area contributed by atoms with Gasteiger partial charge in [-0.25, -0.2) is 0 Å². The molecular weight excluding hydrogens is 236 g/mol. The second-order valence-electron chi connectivity index (χ2n) is 4.87. The first kappa shape index (κ1) is 12.4. The Morgan fingerprint density at radius 1 is 1.56 bits per heavy atom. The number of aliphatic hydroxyl groups is 1. The van der Waals surface area contributed by atoms with Gasteiger partial charge in [0.1, 0.15) is 17.6 Å². The lowest BCUT2D eigenvalue weighted by Gasteiger charge is -2.28. The minimum atomic E-state index is -1.71. The molecule has 1 spiro atoms. The van der Waals surface area contributed by atoms with Crippen molar-refractivity contribution in [2.75, 3.05) is 7.05 Å². The molecule has 0 aromatic rings. The van der Waals surface area contributed by atoms with E-state index in [2.05, 4.69) is 5.32 Å². The molecule has 0 aromatic carbocycles. The standard InChI is InChI=1S/C11H14N4O3/c1-5-10(2,18)14-8(16)11(5)6(4-12)7(13)15(3)9(11)17/h5,18H,13H2,1-3H3,(H,14,16). The second kappa shape index (κ2) is 3.23. The fourth-order valence-corrected chi connectivity index (χ4v) is 2.66. The average molecular weight is 250 g/mol. The molecule has 0 aliphatic carbocycles. The molecule has 7 nitrogen and oxygen atoms in total. The quantitative estimate of drug-likeness (QED) is 0.457. The van der Waals surface area contributed by atoms with Crippen LogP contribution >= 0.6 is 0 Å². The van der Waals surface area contributed by atoms with Crippen LogP contribution in [0, 0.1) is 22.7 Å². The normalized spacial score (nSPS) is 39.5. The van der Waals surface area contributed by atoms with Gasteiger partial charge in [0.05, 0.1) is 5.57 Å². The molecule has 18 heavy (non-hydrogen) atoms. The van der Waals surface area contributed by atoms with E-state index < -0.39 is 28.9 Å². The Bertz CT molecular complexity index is 531. The molecule has 2 aliphatic rings. The van der Waals surface area contributed by atoms with Crippen LogP contribution < -0.4 is 11.1 Å². The third-order valence-electron chi connectivity index (χ3n) is 3.98. The monoisotopic (exact) mass is 250 g/mol. The van der Waals surface area contributed by atoms with E-state index >= 15 is 0 Å². The van der Waals surface area contributed by atoms with E-state index in [0.717, 1.165) is 4.90 Å². The third-order valence-corrected chi connectivity index (χ3v) is 3.98. The van der Waals surface area contributed by atoms with Gasteiger partial charge in [-0.2, -0.15) is 5.26 Å². The van der Waals surface area contributed by atoms with Crippen molar-refractivity contribution in [1.29, 1.82) is 5.26 Å². The first-order valence-corrected chi connectivity index (χ1v) is 5.44. The molecule has 3 atom stereocenters. The lowest BCUT2D eigenvalue weighted by molar-refractivity contribution is -0.143. The van der Waals surface area contributed by atoms with Gasteiger partial charge >= 0.3 is 0 Å². The van der Waals surface area contributed by atoms with Crippen LogP contribution in [0.25, 0.3) is 0 Å². The molecule has 1 fully saturated rings. The van der Waals surface area contributed by atoms with Crippen LogP contribution in [0.2, 0.25) is 0 Å². The highest BCUT2D eigenvalue weighted by atomic mass is 16.3. The number of nitriles is 1. The number of hydrogen-bond donors (Lipinski definition) is 3. The zero-order valence-corrected chi connectivity index (χ0v) is 10.3. The van der Waals surface area contributed by atoms with Crippen molar-refractivity contribution in [3.8, 4) is 6.07 Å². The Morgan fingerprint density at radius 2 is 2.11 bits per heavy atom. The molecular formula is C11H14N4O3. The van der Waals surface area contributed by atoms with Crippen LogP contribution in [-0.4, -0.2) is 34.6 Å². The molecule has 1 saturated heterocycles. The molecule has 0 saturated carbocycles. The molecule has 2 rings (SSSR count). The van der Waals surface area contributed by atoms with Gasteiger partial charge in [0.15, 0.2) is 5.41 Å². The first-order valence-electron chi connectivity index (χ1n) is 5.44. The summed E-state index contributed by atoms with van der Waals surface area (Å²) in [6.45, 7) is 2.93. The van der Waals surface area contributed by atoms with Crippen LogP contribution in [-0.2, 0) is 9.59 Å². The van der Waals surface area contributed by atoms with Crippen molar-refractivity contribution < 1.29 is 14.7 Å². The van der Waals surface area contributed by atoms with Crippen molar-refractivity contribution in [2.45, 2.75) is 19.6 Å². The summed E-state index contributed by atoms with van der Waals surface area (Å²) in [5.74, 6) is -2.10. The Morgan fingerprint density at radius 3 is 2.50 bits per heavy atom. The molecule has 0 aromatic heterocycles. The van der Waals surface area contributed by atoms with Gasteiger partial charge in [-0.05, 0) is 6.92 Å². The number of rotatable bonds is 0. The number of carbonyl (C=O) groups is 2. The zero-order chi connectivity index (χ0) is 13.9. The summed E-state index contributed by atoms with van der Waals surface area (Å²) in [5, 5.41) is 21.6. The van der Waals surface area contributed by atoms with Gasteiger partial charge in [-0.3, -0.25) is 14.5 Å². The van der Waals surface area contributed by atoms with Gasteiger partial charge in [-0.1, -0.05) is 6.92 Å². The van der Waals surface area contributed by atoms with E-state index in [0.29, 0.717) is 0 Å². The maximum atomic E-state index is 12.3. The summed E-state index contributed by atoms with van der Waals surface area (Å²) in [5.41, 5.74) is 2.33. The topological polar surface area (TPSA) is 119 Å². The van der Waals surface area contributed by atoms with Gasteiger partial charge < -0.3 is 16.2 Å². The first-order chi connectivity index (χ1) is 8.21. The molecule has 2 aliphatic heterocycles. The Hall–Kier alpha value is -2.07. The molecule has 4 N–H and O–H groups in total. The molecule has 7 heteroatoms. The second-order valence-corrected chi connectivity index (χ2v) is 4.87. The van der Waals surface area contributed by atoms with Crippen molar-refractivity contribution >= 4 is 11.8 Å². The van der Waals surface area contributed by atoms with E-state index in [1.165, 1.54) is 14.0 Å². The molecule has 0 radical (unpaired) electrons. The van der Waals surface area contributed by atoms with E-state index in [1.807, 2.05) is 6.07 Å². The smallest absolute Gasteiger partial charge is 0.249 e. The van der Waals surface area contributed by atoms with Gasteiger partial charge in [0.2, 0.25) is 11.8 Å². The highest BCUT2D eigenvalue weighted by molar-refractivity contribution is 6.13. The number of nitrogens with two attached hydrogens (primary N) is 1. The molecule has 3 unspecified atom stereocenters. The largest absolute Gasteiger partial charge is 0.384 e. The number of amides is 2.